The van der Waals surface area contributed by atoms with Crippen molar-refractivity contribution in [3.8, 4) is 0 Å². The molecule has 29 heavy (non-hydrogen) atoms. The van der Waals surface area contributed by atoms with Gasteiger partial charge >= 0.3 is 0 Å². The minimum Gasteiger partial charge on any atom is -0.381 e. The molecule has 4 nitrogen and oxygen atoms in total. The molecule has 2 fully saturated rings. The summed E-state index contributed by atoms with van der Waals surface area (Å²) in [7, 11) is 0. The summed E-state index contributed by atoms with van der Waals surface area (Å²) < 4.78 is 5.46. The molecule has 2 saturated heterocycles. The van der Waals surface area contributed by atoms with Crippen LogP contribution in [-0.2, 0) is 17.8 Å². The van der Waals surface area contributed by atoms with Crippen molar-refractivity contribution in [3.63, 3.8) is 0 Å². The first-order valence-corrected chi connectivity index (χ1v) is 11.1. The zero-order chi connectivity index (χ0) is 20.1. The van der Waals surface area contributed by atoms with E-state index in [2.05, 4.69) is 71.4 Å². The third-order valence-corrected chi connectivity index (χ3v) is 6.42. The highest BCUT2D eigenvalue weighted by Crippen LogP contribution is 2.22. The fourth-order valence-corrected chi connectivity index (χ4v) is 4.30. The first-order chi connectivity index (χ1) is 14.2. The van der Waals surface area contributed by atoms with Crippen LogP contribution in [0.25, 0.3) is 0 Å². The largest absolute Gasteiger partial charge is 0.381 e. The predicted molar refractivity (Wildman–Crippen MR) is 122 cm³/mol. The molecule has 2 aromatic carbocycles. The molecule has 0 amide bonds. The molecular weight excluding hydrogens is 358 g/mol. The topological polar surface area (TPSA) is 27.7 Å². The van der Waals surface area contributed by atoms with Crippen LogP contribution < -0.4 is 10.2 Å². The lowest BCUT2D eigenvalue weighted by Crippen LogP contribution is -2.36. The fraction of sp³-hybridized carbons (Fsp3) is 0.520. The molecule has 0 atom stereocenters. The Hall–Kier alpha value is -2.04. The van der Waals surface area contributed by atoms with Gasteiger partial charge in [-0.3, -0.25) is 4.90 Å². The Morgan fingerprint density at radius 1 is 0.966 bits per heavy atom. The van der Waals surface area contributed by atoms with Crippen LogP contribution in [0, 0.1) is 12.8 Å². The summed E-state index contributed by atoms with van der Waals surface area (Å²) in [6.45, 7) is 12.6. The third-order valence-electron chi connectivity index (χ3n) is 6.42. The number of hydrogen-bond donors (Lipinski definition) is 1. The average molecular weight is 394 g/mol. The smallest absolute Gasteiger partial charge is 0.0642 e. The quantitative estimate of drug-likeness (QED) is 0.771. The lowest BCUT2D eigenvalue weighted by Gasteiger charge is -2.30. The van der Waals surface area contributed by atoms with Gasteiger partial charge in [0, 0.05) is 37.6 Å². The highest BCUT2D eigenvalue weighted by molar-refractivity contribution is 5.52. The number of rotatable bonds is 6. The van der Waals surface area contributed by atoms with Crippen molar-refractivity contribution in [1.29, 1.82) is 0 Å². The Morgan fingerprint density at radius 2 is 1.69 bits per heavy atom. The molecule has 2 aliphatic heterocycles. The van der Waals surface area contributed by atoms with Gasteiger partial charge in [0.1, 0.15) is 0 Å². The Kier molecular flexibility index (Phi) is 6.73. The Balaban J connectivity index is 1.29. The second kappa shape index (κ2) is 9.64. The summed E-state index contributed by atoms with van der Waals surface area (Å²) in [6, 6.07) is 15.8. The normalized spacial score (nSPS) is 18.8. The van der Waals surface area contributed by atoms with Crippen LogP contribution in [0.15, 0.2) is 42.5 Å². The zero-order valence-electron chi connectivity index (χ0n) is 18.0. The van der Waals surface area contributed by atoms with Crippen molar-refractivity contribution >= 4 is 11.4 Å². The van der Waals surface area contributed by atoms with Crippen LogP contribution in [0.3, 0.4) is 0 Å². The number of nitrogens with zero attached hydrogens (tertiary/aromatic N) is 2. The van der Waals surface area contributed by atoms with Gasteiger partial charge in [-0.2, -0.15) is 0 Å². The van der Waals surface area contributed by atoms with E-state index in [1.807, 2.05) is 0 Å². The number of nitrogens with one attached hydrogen (secondary N) is 1. The molecule has 4 heteroatoms. The highest BCUT2D eigenvalue weighted by Gasteiger charge is 2.15. The molecule has 0 aliphatic carbocycles. The lowest BCUT2D eigenvalue weighted by molar-refractivity contribution is 0.122. The second-order valence-electron chi connectivity index (χ2n) is 8.72. The maximum atomic E-state index is 5.46. The lowest BCUT2D eigenvalue weighted by atomic mass is 9.99. The zero-order valence-corrected chi connectivity index (χ0v) is 18.0. The van der Waals surface area contributed by atoms with Crippen molar-refractivity contribution in [2.75, 3.05) is 49.6 Å². The fourth-order valence-electron chi connectivity index (χ4n) is 4.30. The van der Waals surface area contributed by atoms with Crippen LogP contribution >= 0.6 is 0 Å². The maximum absolute atomic E-state index is 5.46. The van der Waals surface area contributed by atoms with E-state index < -0.39 is 0 Å². The van der Waals surface area contributed by atoms with Gasteiger partial charge in [-0.1, -0.05) is 25.1 Å². The molecule has 0 radical (unpaired) electrons. The molecular formula is C25H35N3O. The number of hydrogen-bond acceptors (Lipinski definition) is 4. The Bertz CT molecular complexity index is 775. The number of ether oxygens (including phenoxy) is 1. The minimum absolute atomic E-state index is 0.829. The molecule has 1 N–H and O–H groups in total. The Labute approximate surface area is 175 Å². The average Bonchev–Trinajstić information content (AvgIpc) is 2.76. The maximum Gasteiger partial charge on any atom is 0.0642 e. The first kappa shape index (κ1) is 20.2. The van der Waals surface area contributed by atoms with Crippen molar-refractivity contribution in [2.24, 2.45) is 5.92 Å². The van der Waals surface area contributed by atoms with E-state index in [4.69, 9.17) is 4.74 Å². The molecule has 0 aromatic heterocycles. The molecule has 156 valence electrons. The molecule has 2 aliphatic rings. The van der Waals surface area contributed by atoms with Crippen LogP contribution in [0.5, 0.6) is 0 Å². The van der Waals surface area contributed by atoms with Gasteiger partial charge in [-0.15, -0.1) is 0 Å². The number of benzene rings is 2. The van der Waals surface area contributed by atoms with Crippen LogP contribution in [0.4, 0.5) is 11.4 Å². The van der Waals surface area contributed by atoms with Gasteiger partial charge in [-0.25, -0.2) is 0 Å². The van der Waals surface area contributed by atoms with Gasteiger partial charge in [0.25, 0.3) is 0 Å². The molecule has 4 rings (SSSR count). The Morgan fingerprint density at radius 3 is 2.38 bits per heavy atom. The van der Waals surface area contributed by atoms with Gasteiger partial charge in [-0.05, 0) is 79.7 Å². The summed E-state index contributed by atoms with van der Waals surface area (Å²) in [5.74, 6) is 0.893. The first-order valence-electron chi connectivity index (χ1n) is 11.1. The van der Waals surface area contributed by atoms with Gasteiger partial charge in [0.05, 0.1) is 13.2 Å². The van der Waals surface area contributed by atoms with E-state index in [1.54, 1.807) is 0 Å². The molecule has 0 spiro atoms. The number of aryl methyl sites for hydroxylation is 1. The number of morpholine rings is 1. The van der Waals surface area contributed by atoms with E-state index in [0.717, 1.165) is 45.3 Å². The monoisotopic (exact) mass is 393 g/mol. The molecule has 0 bridgehead atoms. The van der Waals surface area contributed by atoms with Crippen LogP contribution in [-0.4, -0.2) is 44.3 Å². The summed E-state index contributed by atoms with van der Waals surface area (Å²) in [6.07, 6.45) is 2.67. The van der Waals surface area contributed by atoms with Crippen LogP contribution in [0.2, 0.25) is 0 Å². The second-order valence-corrected chi connectivity index (χ2v) is 8.72. The summed E-state index contributed by atoms with van der Waals surface area (Å²) >= 11 is 0. The van der Waals surface area contributed by atoms with Crippen molar-refractivity contribution in [3.05, 3.63) is 59.2 Å². The number of anilines is 2. The highest BCUT2D eigenvalue weighted by atomic mass is 16.5. The van der Waals surface area contributed by atoms with Crippen molar-refractivity contribution in [1.82, 2.24) is 4.90 Å². The molecule has 0 saturated carbocycles. The summed E-state index contributed by atoms with van der Waals surface area (Å²) in [5, 5.41) is 3.59. The molecule has 2 heterocycles. The number of likely N-dealkylation sites (tertiary alicyclic amines) is 1. The van der Waals surface area contributed by atoms with Crippen LogP contribution in [0.1, 0.15) is 36.5 Å². The third kappa shape index (κ3) is 5.52. The molecule has 2 aromatic rings. The summed E-state index contributed by atoms with van der Waals surface area (Å²) in [4.78, 5) is 5.00. The SMILES string of the molecule is Cc1cc(N2CCOCC2)ccc1CNc1ccc(CN2CCC(C)CC2)cc1. The predicted octanol–water partition coefficient (Wildman–Crippen LogP) is 4.68. The van der Waals surface area contributed by atoms with Crippen molar-refractivity contribution < 1.29 is 4.74 Å². The summed E-state index contributed by atoms with van der Waals surface area (Å²) in [5.41, 5.74) is 6.62. The van der Waals surface area contributed by atoms with E-state index in [1.165, 1.54) is 54.0 Å². The van der Waals surface area contributed by atoms with Gasteiger partial charge in [0.15, 0.2) is 0 Å². The minimum atomic E-state index is 0.829. The van der Waals surface area contributed by atoms with E-state index in [-0.39, 0.29) is 0 Å². The van der Waals surface area contributed by atoms with E-state index in [0.29, 0.717) is 0 Å². The van der Waals surface area contributed by atoms with Crippen molar-refractivity contribution in [2.45, 2.75) is 39.8 Å². The van der Waals surface area contributed by atoms with E-state index in [9.17, 15) is 0 Å². The van der Waals surface area contributed by atoms with E-state index >= 15 is 0 Å². The van der Waals surface area contributed by atoms with Gasteiger partial charge < -0.3 is 15.0 Å². The number of piperidine rings is 1. The van der Waals surface area contributed by atoms with Gasteiger partial charge in [0.2, 0.25) is 0 Å². The molecule has 0 unspecified atom stereocenters. The standard InChI is InChI=1S/C25H35N3O/c1-20-9-11-27(12-10-20)19-22-3-6-24(7-4-22)26-18-23-5-8-25(17-21(23)2)28-13-15-29-16-14-28/h3-8,17,20,26H,9-16,18-19H2,1-2H3.